The summed E-state index contributed by atoms with van der Waals surface area (Å²) in [5, 5.41) is 5.75. The molecular formula is C19H22FNS2. The maximum Gasteiger partial charge on any atom is 0.0924 e. The van der Waals surface area contributed by atoms with Crippen LogP contribution in [0.4, 0.5) is 9.39 Å². The molecule has 0 bridgehead atoms. The monoisotopic (exact) mass is 347 g/mol. The van der Waals surface area contributed by atoms with Gasteiger partial charge in [0.2, 0.25) is 0 Å². The number of alkyl halides is 1. The van der Waals surface area contributed by atoms with E-state index in [0.29, 0.717) is 13.0 Å². The van der Waals surface area contributed by atoms with Crippen molar-refractivity contribution in [1.29, 1.82) is 0 Å². The lowest BCUT2D eigenvalue weighted by atomic mass is 10.2. The molecule has 0 amide bonds. The molecule has 1 nitrogen and oxygen atoms in total. The number of hydrogen-bond donors (Lipinski definition) is 2. The van der Waals surface area contributed by atoms with Gasteiger partial charge in [0.15, 0.2) is 0 Å². The number of halogens is 1. The molecule has 0 spiro atoms. The van der Waals surface area contributed by atoms with Crippen LogP contribution in [0.3, 0.4) is 0 Å². The van der Waals surface area contributed by atoms with E-state index in [2.05, 4.69) is 43.9 Å². The number of thiophene rings is 1. The molecule has 23 heavy (non-hydrogen) atoms. The van der Waals surface area contributed by atoms with Gasteiger partial charge in [-0.3, -0.25) is 4.39 Å². The second-order valence-corrected chi connectivity index (χ2v) is 6.93. The van der Waals surface area contributed by atoms with Gasteiger partial charge < -0.3 is 5.32 Å². The zero-order valence-corrected chi connectivity index (χ0v) is 15.2. The first kappa shape index (κ1) is 17.8. The molecule has 0 unspecified atom stereocenters. The quantitative estimate of drug-likeness (QED) is 0.419. The van der Waals surface area contributed by atoms with Crippen molar-refractivity contribution in [2.24, 2.45) is 0 Å². The summed E-state index contributed by atoms with van der Waals surface area (Å²) in [6.07, 6.45) is 0.577. The van der Waals surface area contributed by atoms with E-state index in [1.807, 2.05) is 36.4 Å². The van der Waals surface area contributed by atoms with Crippen molar-refractivity contribution in [3.8, 4) is 0 Å². The van der Waals surface area contributed by atoms with Gasteiger partial charge in [-0.05, 0) is 49.4 Å². The van der Waals surface area contributed by atoms with Crippen molar-refractivity contribution >= 4 is 39.1 Å². The Bertz CT molecular complexity index is 714. The predicted octanol–water partition coefficient (Wildman–Crippen LogP) is 6.26. The summed E-state index contributed by atoms with van der Waals surface area (Å²) in [4.78, 5) is 1.02. The molecular weight excluding hydrogens is 325 g/mol. The van der Waals surface area contributed by atoms with Gasteiger partial charge in [-0.1, -0.05) is 35.9 Å². The topological polar surface area (TPSA) is 12.0 Å². The average Bonchev–Trinajstić information content (AvgIpc) is 2.88. The van der Waals surface area contributed by atoms with Gasteiger partial charge in [0.25, 0.3) is 0 Å². The van der Waals surface area contributed by atoms with Crippen molar-refractivity contribution < 1.29 is 4.39 Å². The highest BCUT2D eigenvalue weighted by molar-refractivity contribution is 7.80. The van der Waals surface area contributed by atoms with Crippen molar-refractivity contribution in [3.63, 3.8) is 0 Å². The lowest BCUT2D eigenvalue weighted by Crippen LogP contribution is -2.01. The van der Waals surface area contributed by atoms with Gasteiger partial charge >= 0.3 is 0 Å². The summed E-state index contributed by atoms with van der Waals surface area (Å²) in [6.45, 7) is 4.63. The molecule has 0 radical (unpaired) electrons. The van der Waals surface area contributed by atoms with Gasteiger partial charge in [0.1, 0.15) is 0 Å². The molecule has 0 aliphatic rings. The van der Waals surface area contributed by atoms with Gasteiger partial charge in [-0.15, -0.1) is 24.0 Å². The molecule has 2 aromatic carbocycles. The number of fused-ring (bicyclic) bond motifs is 1. The molecule has 0 saturated heterocycles. The molecule has 1 heterocycles. The Kier molecular flexibility index (Phi) is 6.93. The average molecular weight is 348 g/mol. The first-order chi connectivity index (χ1) is 11.1. The van der Waals surface area contributed by atoms with Gasteiger partial charge in [0.05, 0.1) is 11.7 Å². The van der Waals surface area contributed by atoms with E-state index in [0.717, 1.165) is 4.90 Å². The zero-order valence-electron chi connectivity index (χ0n) is 13.5. The van der Waals surface area contributed by atoms with Crippen LogP contribution >= 0.6 is 24.0 Å². The smallest absolute Gasteiger partial charge is 0.0924 e. The molecule has 4 heteroatoms. The maximum absolute atomic E-state index is 12.0. The van der Waals surface area contributed by atoms with Crippen LogP contribution in [-0.4, -0.2) is 13.2 Å². The number of benzene rings is 2. The third-order valence-electron chi connectivity index (χ3n) is 3.47. The fourth-order valence-corrected chi connectivity index (χ4v) is 3.44. The van der Waals surface area contributed by atoms with Crippen LogP contribution in [0.5, 0.6) is 0 Å². The number of thiol groups is 1. The Morgan fingerprint density at radius 1 is 1.04 bits per heavy atom. The minimum absolute atomic E-state index is 0.253. The van der Waals surface area contributed by atoms with Crippen molar-refractivity contribution in [2.45, 2.75) is 25.2 Å². The Labute approximate surface area is 147 Å². The molecule has 1 N–H and O–H groups in total. The normalized spacial score (nSPS) is 10.3. The molecule has 0 atom stereocenters. The third kappa shape index (κ3) is 5.26. The molecule has 1 aromatic heterocycles. The fourth-order valence-electron chi connectivity index (χ4n) is 2.16. The first-order valence-electron chi connectivity index (χ1n) is 7.65. The van der Waals surface area contributed by atoms with Gasteiger partial charge in [0, 0.05) is 16.1 Å². The third-order valence-corrected chi connectivity index (χ3v) is 5.00. The SMILES string of the molecule is Cc1c(NCCCF)sc2ccccc12.Cc1ccc(S)cc1. The van der Waals surface area contributed by atoms with E-state index in [-0.39, 0.29) is 6.67 Å². The van der Waals surface area contributed by atoms with Crippen molar-refractivity contribution in [2.75, 3.05) is 18.5 Å². The number of hydrogen-bond acceptors (Lipinski definition) is 3. The van der Waals surface area contributed by atoms with E-state index in [1.54, 1.807) is 11.3 Å². The second kappa shape index (κ2) is 8.94. The summed E-state index contributed by atoms with van der Waals surface area (Å²) < 4.78 is 13.3. The maximum atomic E-state index is 12.0. The summed E-state index contributed by atoms with van der Waals surface area (Å²) in [7, 11) is 0. The zero-order chi connectivity index (χ0) is 16.7. The minimum Gasteiger partial charge on any atom is -0.377 e. The van der Waals surface area contributed by atoms with E-state index >= 15 is 0 Å². The summed E-state index contributed by atoms with van der Waals surface area (Å²) >= 11 is 5.87. The summed E-state index contributed by atoms with van der Waals surface area (Å²) in [5.41, 5.74) is 2.55. The Morgan fingerprint density at radius 3 is 2.35 bits per heavy atom. The van der Waals surface area contributed by atoms with Crippen molar-refractivity contribution in [1.82, 2.24) is 0 Å². The fraction of sp³-hybridized carbons (Fsp3) is 0.263. The van der Waals surface area contributed by atoms with Crippen LogP contribution in [0.1, 0.15) is 17.5 Å². The van der Waals surface area contributed by atoms with E-state index < -0.39 is 0 Å². The largest absolute Gasteiger partial charge is 0.377 e. The number of anilines is 1. The van der Waals surface area contributed by atoms with E-state index in [9.17, 15) is 4.39 Å². The van der Waals surface area contributed by atoms with Crippen LogP contribution in [-0.2, 0) is 0 Å². The minimum atomic E-state index is -0.253. The Morgan fingerprint density at radius 2 is 1.74 bits per heavy atom. The van der Waals surface area contributed by atoms with Crippen LogP contribution in [0.25, 0.3) is 10.1 Å². The molecule has 0 aliphatic carbocycles. The summed E-state index contributed by atoms with van der Waals surface area (Å²) in [5.74, 6) is 0. The number of rotatable bonds is 4. The van der Waals surface area contributed by atoms with Crippen molar-refractivity contribution in [3.05, 3.63) is 59.7 Å². The van der Waals surface area contributed by atoms with Crippen LogP contribution in [0, 0.1) is 13.8 Å². The number of nitrogens with one attached hydrogen (secondary N) is 1. The number of aryl methyl sites for hydroxylation is 2. The molecule has 0 fully saturated rings. The highest BCUT2D eigenvalue weighted by Crippen LogP contribution is 2.34. The van der Waals surface area contributed by atoms with Crippen LogP contribution in [0.2, 0.25) is 0 Å². The Balaban J connectivity index is 0.000000203. The highest BCUT2D eigenvalue weighted by atomic mass is 32.1. The standard InChI is InChI=1S/C12H14FNS.C7H8S/c1-9-10-5-2-3-6-11(10)15-12(9)14-8-4-7-13;1-6-2-4-7(8)5-3-6/h2-3,5-6,14H,4,7-8H2,1H3;2-5,8H,1H3. The first-order valence-corrected chi connectivity index (χ1v) is 8.92. The van der Waals surface area contributed by atoms with Crippen LogP contribution < -0.4 is 5.32 Å². The lowest BCUT2D eigenvalue weighted by Gasteiger charge is -2.02. The van der Waals surface area contributed by atoms with Gasteiger partial charge in [-0.2, -0.15) is 0 Å². The van der Waals surface area contributed by atoms with E-state index in [1.165, 1.54) is 26.2 Å². The highest BCUT2D eigenvalue weighted by Gasteiger charge is 2.06. The van der Waals surface area contributed by atoms with E-state index in [4.69, 9.17) is 0 Å². The molecule has 3 rings (SSSR count). The molecule has 3 aromatic rings. The molecule has 0 saturated carbocycles. The second-order valence-electron chi connectivity index (χ2n) is 5.36. The summed E-state index contributed by atoms with van der Waals surface area (Å²) in [6, 6.07) is 16.4. The Hall–Kier alpha value is -1.52. The van der Waals surface area contributed by atoms with Gasteiger partial charge in [-0.25, -0.2) is 0 Å². The molecule has 0 aliphatic heterocycles. The van der Waals surface area contributed by atoms with Crippen LogP contribution in [0.15, 0.2) is 53.4 Å². The lowest BCUT2D eigenvalue weighted by molar-refractivity contribution is 0.481. The molecule has 122 valence electrons. The predicted molar refractivity (Wildman–Crippen MR) is 104 cm³/mol.